The summed E-state index contributed by atoms with van der Waals surface area (Å²) in [5, 5.41) is 5.86. The number of carbonyl (C=O) groups excluding carboxylic acids is 1. The largest absolute Gasteiger partial charge is 0.489 e. The number of benzene rings is 2. The molecule has 1 fully saturated rings. The van der Waals surface area contributed by atoms with Crippen molar-refractivity contribution >= 4 is 35.1 Å². The molecule has 2 aliphatic heterocycles. The number of nitrogens with zero attached hydrogens (tertiary/aromatic N) is 2. The van der Waals surface area contributed by atoms with Gasteiger partial charge in [-0.25, -0.2) is 0 Å². The van der Waals surface area contributed by atoms with E-state index < -0.39 is 0 Å². The summed E-state index contributed by atoms with van der Waals surface area (Å²) in [6.45, 7) is 1.86. The molecule has 126 valence electrons. The zero-order valence-electron chi connectivity index (χ0n) is 13.9. The molecule has 25 heavy (non-hydrogen) atoms. The lowest BCUT2D eigenvalue weighted by Crippen LogP contribution is -2.30. The van der Waals surface area contributed by atoms with Gasteiger partial charge in [-0.3, -0.25) is 4.79 Å². The molecule has 0 atom stereocenters. The number of anilines is 1. The van der Waals surface area contributed by atoms with E-state index in [1.54, 1.807) is 0 Å². The third-order valence-corrected chi connectivity index (χ3v) is 5.36. The maximum atomic E-state index is 12.7. The van der Waals surface area contributed by atoms with Crippen molar-refractivity contribution in [2.75, 3.05) is 16.5 Å². The van der Waals surface area contributed by atoms with Crippen LogP contribution in [0.1, 0.15) is 12.5 Å². The minimum absolute atomic E-state index is 0.106. The van der Waals surface area contributed by atoms with Gasteiger partial charge in [0.1, 0.15) is 11.9 Å². The molecule has 4 nitrogen and oxygen atoms in total. The van der Waals surface area contributed by atoms with Crippen LogP contribution >= 0.6 is 11.8 Å². The molecule has 1 saturated heterocycles. The Kier molecular flexibility index (Phi) is 4.32. The van der Waals surface area contributed by atoms with E-state index in [2.05, 4.69) is 5.10 Å². The summed E-state index contributed by atoms with van der Waals surface area (Å²) >= 11 is 1.89. The molecule has 0 aliphatic carbocycles. The lowest BCUT2D eigenvalue weighted by atomic mass is 10.1. The Balaban J connectivity index is 1.58. The Hall–Kier alpha value is -2.53. The summed E-state index contributed by atoms with van der Waals surface area (Å²) in [6.07, 6.45) is 2.19. The van der Waals surface area contributed by atoms with Crippen LogP contribution in [0.5, 0.6) is 5.75 Å². The van der Waals surface area contributed by atoms with Crippen LogP contribution in [0.3, 0.4) is 0 Å². The molecular weight excluding hydrogens is 332 g/mol. The van der Waals surface area contributed by atoms with Gasteiger partial charge < -0.3 is 4.74 Å². The number of carbonyl (C=O) groups is 1. The highest BCUT2D eigenvalue weighted by Crippen LogP contribution is 2.27. The van der Waals surface area contributed by atoms with Crippen LogP contribution in [0.25, 0.3) is 6.08 Å². The molecule has 0 saturated carbocycles. The van der Waals surface area contributed by atoms with E-state index in [1.165, 1.54) is 5.01 Å². The molecule has 2 aliphatic rings. The molecule has 0 bridgehead atoms. The topological polar surface area (TPSA) is 41.9 Å². The van der Waals surface area contributed by atoms with Gasteiger partial charge in [0, 0.05) is 11.5 Å². The van der Waals surface area contributed by atoms with Gasteiger partial charge in [0.25, 0.3) is 5.91 Å². The standard InChI is InChI=1S/C20H18N2O2S/c1-14-19(20(23)22(21-14)16-7-3-2-4-8-16)11-15-6-5-9-17(10-15)24-18-12-25-13-18/h2-11,18H,12-13H2,1H3. The molecule has 0 N–H and O–H groups in total. The minimum Gasteiger partial charge on any atom is -0.489 e. The van der Waals surface area contributed by atoms with Crippen molar-refractivity contribution in [3.05, 3.63) is 65.7 Å². The van der Waals surface area contributed by atoms with Crippen LogP contribution in [0, 0.1) is 0 Å². The van der Waals surface area contributed by atoms with Crippen molar-refractivity contribution in [3.8, 4) is 5.75 Å². The van der Waals surface area contributed by atoms with Crippen molar-refractivity contribution < 1.29 is 9.53 Å². The van der Waals surface area contributed by atoms with E-state index in [9.17, 15) is 4.79 Å². The molecule has 2 heterocycles. The zero-order chi connectivity index (χ0) is 17.2. The molecule has 5 heteroatoms. The van der Waals surface area contributed by atoms with Crippen LogP contribution in [0.4, 0.5) is 5.69 Å². The SMILES string of the molecule is CC1=NN(c2ccccc2)C(=O)C1=Cc1cccc(OC2CSC2)c1. The molecule has 0 unspecified atom stereocenters. The number of hydrogen-bond acceptors (Lipinski definition) is 4. The Morgan fingerprint density at radius 1 is 1.16 bits per heavy atom. The quantitative estimate of drug-likeness (QED) is 0.783. The number of amides is 1. The van der Waals surface area contributed by atoms with Crippen molar-refractivity contribution in [1.29, 1.82) is 0 Å². The predicted molar refractivity (Wildman–Crippen MR) is 103 cm³/mol. The fourth-order valence-electron chi connectivity index (χ4n) is 2.75. The first-order valence-electron chi connectivity index (χ1n) is 8.22. The van der Waals surface area contributed by atoms with Crippen LogP contribution in [-0.2, 0) is 4.79 Å². The van der Waals surface area contributed by atoms with Crippen LogP contribution in [0.2, 0.25) is 0 Å². The number of rotatable bonds is 4. The number of ether oxygens (including phenoxy) is 1. The van der Waals surface area contributed by atoms with E-state index in [1.807, 2.05) is 79.4 Å². The first kappa shape index (κ1) is 16.0. The fourth-order valence-corrected chi connectivity index (χ4v) is 3.31. The monoisotopic (exact) mass is 350 g/mol. The zero-order valence-corrected chi connectivity index (χ0v) is 14.7. The maximum Gasteiger partial charge on any atom is 0.280 e. The Labute approximate surface area is 151 Å². The molecule has 4 rings (SSSR count). The normalized spacial score (nSPS) is 19.1. The van der Waals surface area contributed by atoms with E-state index in [0.29, 0.717) is 11.7 Å². The van der Waals surface area contributed by atoms with Gasteiger partial charge in [0.05, 0.1) is 17.0 Å². The average molecular weight is 350 g/mol. The van der Waals surface area contributed by atoms with E-state index >= 15 is 0 Å². The van der Waals surface area contributed by atoms with Gasteiger partial charge >= 0.3 is 0 Å². The highest BCUT2D eigenvalue weighted by atomic mass is 32.2. The van der Waals surface area contributed by atoms with Gasteiger partial charge in [-0.15, -0.1) is 0 Å². The number of thioether (sulfide) groups is 1. The second-order valence-corrected chi connectivity index (χ2v) is 7.12. The maximum absolute atomic E-state index is 12.7. The summed E-state index contributed by atoms with van der Waals surface area (Å²) in [7, 11) is 0. The van der Waals surface area contributed by atoms with Gasteiger partial charge in [0.2, 0.25) is 0 Å². The van der Waals surface area contributed by atoms with E-state index in [0.717, 1.165) is 34.2 Å². The highest BCUT2D eigenvalue weighted by Gasteiger charge is 2.28. The van der Waals surface area contributed by atoms with Crippen molar-refractivity contribution in [3.63, 3.8) is 0 Å². The average Bonchev–Trinajstić information content (AvgIpc) is 2.88. The second-order valence-electron chi connectivity index (χ2n) is 6.05. The molecule has 2 aromatic carbocycles. The number of para-hydroxylation sites is 1. The Morgan fingerprint density at radius 3 is 2.68 bits per heavy atom. The Bertz CT molecular complexity index is 857. The number of hydrogen-bond donors (Lipinski definition) is 0. The third kappa shape index (κ3) is 3.33. The molecule has 0 spiro atoms. The molecule has 0 radical (unpaired) electrons. The van der Waals surface area contributed by atoms with Gasteiger partial charge in [0.15, 0.2) is 0 Å². The van der Waals surface area contributed by atoms with Crippen molar-refractivity contribution in [2.45, 2.75) is 13.0 Å². The Morgan fingerprint density at radius 2 is 1.96 bits per heavy atom. The van der Waals surface area contributed by atoms with Crippen molar-refractivity contribution in [1.82, 2.24) is 0 Å². The number of hydrazone groups is 1. The molecule has 1 amide bonds. The summed E-state index contributed by atoms with van der Waals surface area (Å²) < 4.78 is 5.92. The lowest BCUT2D eigenvalue weighted by molar-refractivity contribution is -0.114. The summed E-state index contributed by atoms with van der Waals surface area (Å²) in [4.78, 5) is 12.7. The lowest BCUT2D eigenvalue weighted by Gasteiger charge is -2.25. The van der Waals surface area contributed by atoms with Crippen LogP contribution < -0.4 is 9.75 Å². The molecule has 0 aromatic heterocycles. The predicted octanol–water partition coefficient (Wildman–Crippen LogP) is 3.99. The van der Waals surface area contributed by atoms with E-state index in [4.69, 9.17) is 4.74 Å². The van der Waals surface area contributed by atoms with Crippen LogP contribution in [0.15, 0.2) is 65.3 Å². The van der Waals surface area contributed by atoms with Gasteiger partial charge in [-0.2, -0.15) is 21.9 Å². The van der Waals surface area contributed by atoms with Crippen LogP contribution in [-0.4, -0.2) is 29.2 Å². The first-order valence-corrected chi connectivity index (χ1v) is 9.37. The summed E-state index contributed by atoms with van der Waals surface area (Å²) in [5.74, 6) is 2.83. The summed E-state index contributed by atoms with van der Waals surface area (Å²) in [5.41, 5.74) is 3.04. The second kappa shape index (κ2) is 6.76. The molecule has 2 aromatic rings. The highest BCUT2D eigenvalue weighted by molar-refractivity contribution is 8.00. The first-order chi connectivity index (χ1) is 12.2. The van der Waals surface area contributed by atoms with Gasteiger partial charge in [-0.05, 0) is 42.8 Å². The van der Waals surface area contributed by atoms with Crippen molar-refractivity contribution in [2.24, 2.45) is 5.10 Å². The summed E-state index contributed by atoms with van der Waals surface area (Å²) in [6, 6.07) is 17.3. The smallest absolute Gasteiger partial charge is 0.280 e. The molecular formula is C20H18N2O2S. The van der Waals surface area contributed by atoms with Gasteiger partial charge in [-0.1, -0.05) is 30.3 Å². The van der Waals surface area contributed by atoms with E-state index in [-0.39, 0.29) is 5.91 Å². The third-order valence-electron chi connectivity index (χ3n) is 4.14. The fraction of sp³-hybridized carbons (Fsp3) is 0.200. The minimum atomic E-state index is -0.106.